The van der Waals surface area contributed by atoms with Crippen LogP contribution in [0, 0.1) is 11.3 Å². The lowest BCUT2D eigenvalue weighted by atomic mass is 10.2. The number of thiophene rings is 1. The molecule has 3 heterocycles. The number of hydrogen-bond donors (Lipinski definition) is 1. The summed E-state index contributed by atoms with van der Waals surface area (Å²) < 4.78 is 5.15. The first-order valence-corrected chi connectivity index (χ1v) is 8.83. The summed E-state index contributed by atoms with van der Waals surface area (Å²) in [5, 5.41) is 14.2. The molecular formula is C17H18N4O3S. The third-order valence-corrected chi connectivity index (χ3v) is 5.11. The van der Waals surface area contributed by atoms with Crippen molar-refractivity contribution in [2.24, 2.45) is 0 Å². The van der Waals surface area contributed by atoms with Crippen molar-refractivity contribution in [1.29, 1.82) is 5.26 Å². The largest absolute Gasteiger partial charge is 0.459 e. The Balaban J connectivity index is 1.54. The van der Waals surface area contributed by atoms with Crippen molar-refractivity contribution in [2.75, 3.05) is 31.5 Å². The van der Waals surface area contributed by atoms with Crippen molar-refractivity contribution >= 4 is 28.2 Å². The van der Waals surface area contributed by atoms with E-state index < -0.39 is 0 Å². The van der Waals surface area contributed by atoms with Gasteiger partial charge in [0.1, 0.15) is 11.1 Å². The van der Waals surface area contributed by atoms with Gasteiger partial charge in [-0.3, -0.25) is 14.5 Å². The highest BCUT2D eigenvalue weighted by molar-refractivity contribution is 7.14. The quantitative estimate of drug-likeness (QED) is 0.903. The molecule has 1 saturated heterocycles. The highest BCUT2D eigenvalue weighted by Crippen LogP contribution is 2.22. The minimum absolute atomic E-state index is 0.126. The molecule has 25 heavy (non-hydrogen) atoms. The Hall–Kier alpha value is -2.63. The molecule has 0 unspecified atom stereocenters. The summed E-state index contributed by atoms with van der Waals surface area (Å²) in [4.78, 5) is 28.4. The molecule has 0 radical (unpaired) electrons. The zero-order valence-electron chi connectivity index (χ0n) is 13.8. The molecule has 2 aromatic rings. The minimum Gasteiger partial charge on any atom is -0.459 e. The van der Waals surface area contributed by atoms with Crippen molar-refractivity contribution in [3.05, 3.63) is 41.2 Å². The van der Waals surface area contributed by atoms with Gasteiger partial charge in [-0.1, -0.05) is 0 Å². The summed E-state index contributed by atoms with van der Waals surface area (Å²) in [5.74, 6) is 0.0599. The van der Waals surface area contributed by atoms with Crippen molar-refractivity contribution in [3.8, 4) is 6.07 Å². The smallest absolute Gasteiger partial charge is 0.289 e. The zero-order valence-corrected chi connectivity index (χ0v) is 14.6. The van der Waals surface area contributed by atoms with Crippen LogP contribution in [0.5, 0.6) is 0 Å². The van der Waals surface area contributed by atoms with Gasteiger partial charge in [0.25, 0.3) is 5.91 Å². The number of anilines is 1. The van der Waals surface area contributed by atoms with Gasteiger partial charge in [-0.15, -0.1) is 11.3 Å². The number of nitrogens with one attached hydrogen (secondary N) is 1. The van der Waals surface area contributed by atoms with Gasteiger partial charge in [0.2, 0.25) is 5.91 Å². The van der Waals surface area contributed by atoms with Crippen LogP contribution in [0.3, 0.4) is 0 Å². The maximum Gasteiger partial charge on any atom is 0.289 e. The van der Waals surface area contributed by atoms with Gasteiger partial charge in [-0.05, 0) is 30.5 Å². The van der Waals surface area contributed by atoms with Crippen LogP contribution in [0.4, 0.5) is 5.00 Å². The second-order valence-corrected chi connectivity index (χ2v) is 6.66. The van der Waals surface area contributed by atoms with Gasteiger partial charge < -0.3 is 14.6 Å². The predicted octanol–water partition coefficient (Wildman–Crippen LogP) is 2.00. The average molecular weight is 358 g/mol. The molecule has 1 aliphatic rings. The highest BCUT2D eigenvalue weighted by atomic mass is 32.1. The van der Waals surface area contributed by atoms with E-state index in [1.54, 1.807) is 28.5 Å². The second-order valence-electron chi connectivity index (χ2n) is 5.75. The first-order valence-electron chi connectivity index (χ1n) is 7.95. The molecule has 1 atom stereocenters. The van der Waals surface area contributed by atoms with E-state index in [-0.39, 0.29) is 17.9 Å². The first-order chi connectivity index (χ1) is 12.1. The number of nitrogens with zero attached hydrogens (tertiary/aromatic N) is 3. The Kier molecular flexibility index (Phi) is 5.16. The molecule has 0 aromatic carbocycles. The topological polar surface area (TPSA) is 89.6 Å². The Bertz CT molecular complexity index is 785. The van der Waals surface area contributed by atoms with Crippen LogP contribution in [0.1, 0.15) is 23.0 Å². The zero-order chi connectivity index (χ0) is 17.8. The standard InChI is InChI=1S/C17H18N4O3S/c1-12(15(22)19-16-13(11-18)4-10-25-16)20-5-7-21(8-6-20)17(23)14-3-2-9-24-14/h2-4,9-10,12H,5-8H2,1H3,(H,19,22)/t12-/m0/s1. The molecule has 0 bridgehead atoms. The molecular weight excluding hydrogens is 340 g/mol. The summed E-state index contributed by atoms with van der Waals surface area (Å²) in [7, 11) is 0. The Morgan fingerprint density at radius 1 is 1.32 bits per heavy atom. The Morgan fingerprint density at radius 3 is 2.72 bits per heavy atom. The number of nitriles is 1. The molecule has 2 aromatic heterocycles. The van der Waals surface area contributed by atoms with Crippen molar-refractivity contribution < 1.29 is 14.0 Å². The molecule has 7 nitrogen and oxygen atoms in total. The third-order valence-electron chi connectivity index (χ3n) is 4.28. The predicted molar refractivity (Wildman–Crippen MR) is 93.3 cm³/mol. The summed E-state index contributed by atoms with van der Waals surface area (Å²) in [6, 6.07) is 6.75. The van der Waals surface area contributed by atoms with E-state index in [9.17, 15) is 9.59 Å². The molecule has 130 valence electrons. The maximum absolute atomic E-state index is 12.4. The van der Waals surface area contributed by atoms with Crippen LogP contribution in [0.2, 0.25) is 0 Å². The normalized spacial score (nSPS) is 16.2. The van der Waals surface area contributed by atoms with Gasteiger partial charge in [0.05, 0.1) is 17.9 Å². The van der Waals surface area contributed by atoms with E-state index in [2.05, 4.69) is 11.4 Å². The second kappa shape index (κ2) is 7.51. The van der Waals surface area contributed by atoms with Crippen molar-refractivity contribution in [2.45, 2.75) is 13.0 Å². The molecule has 0 saturated carbocycles. The van der Waals surface area contributed by atoms with Crippen LogP contribution in [0.25, 0.3) is 0 Å². The number of rotatable bonds is 4. The summed E-state index contributed by atoms with van der Waals surface area (Å²) >= 11 is 1.33. The molecule has 0 spiro atoms. The molecule has 3 rings (SSSR count). The van der Waals surface area contributed by atoms with Gasteiger partial charge >= 0.3 is 0 Å². The average Bonchev–Trinajstić information content (AvgIpc) is 3.32. The molecule has 0 aliphatic carbocycles. The number of piperazine rings is 1. The Morgan fingerprint density at radius 2 is 2.08 bits per heavy atom. The third kappa shape index (κ3) is 3.73. The number of carbonyl (C=O) groups excluding carboxylic acids is 2. The van der Waals surface area contributed by atoms with Gasteiger partial charge in [0, 0.05) is 26.2 Å². The summed E-state index contributed by atoms with van der Waals surface area (Å²) in [6.07, 6.45) is 1.48. The summed E-state index contributed by atoms with van der Waals surface area (Å²) in [6.45, 7) is 4.13. The van der Waals surface area contributed by atoms with Crippen LogP contribution >= 0.6 is 11.3 Å². The molecule has 1 N–H and O–H groups in total. The lowest BCUT2D eigenvalue weighted by Crippen LogP contribution is -2.54. The monoisotopic (exact) mass is 358 g/mol. The fourth-order valence-electron chi connectivity index (χ4n) is 2.74. The van der Waals surface area contributed by atoms with E-state index in [1.165, 1.54) is 17.6 Å². The lowest BCUT2D eigenvalue weighted by molar-refractivity contribution is -0.121. The van der Waals surface area contributed by atoms with Gasteiger partial charge in [0.15, 0.2) is 5.76 Å². The number of amides is 2. The number of carbonyl (C=O) groups is 2. The van der Waals surface area contributed by atoms with Gasteiger partial charge in [-0.2, -0.15) is 5.26 Å². The fraction of sp³-hybridized carbons (Fsp3) is 0.353. The highest BCUT2D eigenvalue weighted by Gasteiger charge is 2.29. The molecule has 1 aliphatic heterocycles. The van der Waals surface area contributed by atoms with Crippen LogP contribution in [-0.2, 0) is 4.79 Å². The lowest BCUT2D eigenvalue weighted by Gasteiger charge is -2.37. The molecule has 1 fully saturated rings. The van der Waals surface area contributed by atoms with E-state index >= 15 is 0 Å². The minimum atomic E-state index is -0.338. The van der Waals surface area contributed by atoms with E-state index in [4.69, 9.17) is 9.68 Å². The number of hydrogen-bond acceptors (Lipinski definition) is 6. The molecule has 2 amide bonds. The SMILES string of the molecule is C[C@@H](C(=O)Nc1sccc1C#N)N1CCN(C(=O)c2ccco2)CC1. The molecule has 8 heteroatoms. The summed E-state index contributed by atoms with van der Waals surface area (Å²) in [5.41, 5.74) is 0.472. The number of furan rings is 1. The fourth-order valence-corrected chi connectivity index (χ4v) is 3.49. The maximum atomic E-state index is 12.4. The Labute approximate surface area is 149 Å². The van der Waals surface area contributed by atoms with E-state index in [0.717, 1.165) is 0 Å². The van der Waals surface area contributed by atoms with Crippen LogP contribution < -0.4 is 5.32 Å². The van der Waals surface area contributed by atoms with Crippen LogP contribution in [-0.4, -0.2) is 53.8 Å². The van der Waals surface area contributed by atoms with Gasteiger partial charge in [-0.25, -0.2) is 0 Å². The first kappa shape index (κ1) is 17.2. The van der Waals surface area contributed by atoms with Crippen molar-refractivity contribution in [1.82, 2.24) is 9.80 Å². The van der Waals surface area contributed by atoms with Crippen molar-refractivity contribution in [3.63, 3.8) is 0 Å². The van der Waals surface area contributed by atoms with E-state index in [0.29, 0.717) is 42.5 Å². The van der Waals surface area contributed by atoms with Crippen LogP contribution in [0.15, 0.2) is 34.3 Å². The van der Waals surface area contributed by atoms with E-state index in [1.807, 2.05) is 11.8 Å².